The number of aromatic nitrogens is 1. The summed E-state index contributed by atoms with van der Waals surface area (Å²) >= 11 is 0. The number of carbonyl (C=O) groups excluding carboxylic acids is 1. The van der Waals surface area contributed by atoms with Crippen molar-refractivity contribution < 1.29 is 14.1 Å². The Balaban J connectivity index is 2.19. The van der Waals surface area contributed by atoms with E-state index < -0.39 is 0 Å². The second-order valence-corrected chi connectivity index (χ2v) is 5.90. The third kappa shape index (κ3) is 4.34. The maximum absolute atomic E-state index is 12.1. The van der Waals surface area contributed by atoms with Gasteiger partial charge in [-0.1, -0.05) is 38.1 Å². The first-order valence-corrected chi connectivity index (χ1v) is 7.91. The normalized spacial score (nSPS) is 10.8. The molecule has 1 heterocycles. The molecule has 23 heavy (non-hydrogen) atoms. The molecule has 0 saturated carbocycles. The molecule has 5 heteroatoms. The van der Waals surface area contributed by atoms with Crippen molar-refractivity contribution in [2.75, 3.05) is 13.7 Å². The van der Waals surface area contributed by atoms with E-state index in [0.29, 0.717) is 31.2 Å². The number of hydrogen-bond acceptors (Lipinski definition) is 4. The summed E-state index contributed by atoms with van der Waals surface area (Å²) in [7, 11) is 1.63. The largest absolute Gasteiger partial charge is 0.496 e. The van der Waals surface area contributed by atoms with Gasteiger partial charge in [0.15, 0.2) is 5.76 Å². The summed E-state index contributed by atoms with van der Waals surface area (Å²) in [5.74, 6) is 1.91. The SMILES string of the molecule is CCC(=O)N(Cc1cc(-c2ccccc2OC)on1)CC(C)C. The molecule has 0 radical (unpaired) electrons. The lowest BCUT2D eigenvalue weighted by Crippen LogP contribution is -2.33. The van der Waals surface area contributed by atoms with Crippen LogP contribution in [0, 0.1) is 5.92 Å². The van der Waals surface area contributed by atoms with Crippen molar-refractivity contribution in [2.45, 2.75) is 33.7 Å². The number of ether oxygens (including phenoxy) is 1. The van der Waals surface area contributed by atoms with Gasteiger partial charge in [-0.05, 0) is 18.1 Å². The van der Waals surface area contributed by atoms with Gasteiger partial charge in [-0.25, -0.2) is 0 Å². The van der Waals surface area contributed by atoms with Crippen LogP contribution >= 0.6 is 0 Å². The Kier molecular flexibility index (Phi) is 5.79. The molecule has 0 atom stereocenters. The summed E-state index contributed by atoms with van der Waals surface area (Å²) < 4.78 is 10.8. The molecule has 1 aromatic heterocycles. The van der Waals surface area contributed by atoms with Crippen molar-refractivity contribution in [2.24, 2.45) is 5.92 Å². The highest BCUT2D eigenvalue weighted by atomic mass is 16.5. The lowest BCUT2D eigenvalue weighted by Gasteiger charge is -2.22. The maximum Gasteiger partial charge on any atom is 0.222 e. The summed E-state index contributed by atoms with van der Waals surface area (Å²) in [6, 6.07) is 9.50. The number of benzene rings is 1. The van der Waals surface area contributed by atoms with E-state index in [4.69, 9.17) is 9.26 Å². The zero-order valence-electron chi connectivity index (χ0n) is 14.2. The van der Waals surface area contributed by atoms with Gasteiger partial charge in [0.05, 0.1) is 19.2 Å². The second kappa shape index (κ2) is 7.81. The predicted molar refractivity (Wildman–Crippen MR) is 89.0 cm³/mol. The zero-order chi connectivity index (χ0) is 16.8. The van der Waals surface area contributed by atoms with E-state index in [-0.39, 0.29) is 5.91 Å². The quantitative estimate of drug-likeness (QED) is 0.780. The van der Waals surface area contributed by atoms with Crippen molar-refractivity contribution in [1.29, 1.82) is 0 Å². The number of hydrogen-bond donors (Lipinski definition) is 0. The van der Waals surface area contributed by atoms with Gasteiger partial charge in [0.2, 0.25) is 5.91 Å². The number of amides is 1. The third-order valence-electron chi connectivity index (χ3n) is 3.52. The lowest BCUT2D eigenvalue weighted by atomic mass is 10.1. The molecule has 0 spiro atoms. The Morgan fingerprint density at radius 2 is 2.09 bits per heavy atom. The molecule has 124 valence electrons. The lowest BCUT2D eigenvalue weighted by molar-refractivity contribution is -0.132. The molecule has 0 saturated heterocycles. The van der Waals surface area contributed by atoms with E-state index >= 15 is 0 Å². The first kappa shape index (κ1) is 17.1. The van der Waals surface area contributed by atoms with Crippen molar-refractivity contribution in [3.63, 3.8) is 0 Å². The number of rotatable bonds is 7. The van der Waals surface area contributed by atoms with Gasteiger partial charge in [0, 0.05) is 19.0 Å². The first-order valence-electron chi connectivity index (χ1n) is 7.91. The number of para-hydroxylation sites is 1. The van der Waals surface area contributed by atoms with Crippen molar-refractivity contribution in [3.8, 4) is 17.1 Å². The Hall–Kier alpha value is -2.30. The highest BCUT2D eigenvalue weighted by Gasteiger charge is 2.17. The monoisotopic (exact) mass is 316 g/mol. The van der Waals surface area contributed by atoms with Crippen molar-refractivity contribution in [3.05, 3.63) is 36.0 Å². The Labute approximate surface area is 137 Å². The van der Waals surface area contributed by atoms with Crippen molar-refractivity contribution in [1.82, 2.24) is 10.1 Å². The van der Waals surface area contributed by atoms with Crippen LogP contribution in [0.5, 0.6) is 5.75 Å². The first-order chi connectivity index (χ1) is 11.0. The van der Waals surface area contributed by atoms with Crippen LogP contribution in [0.3, 0.4) is 0 Å². The molecule has 2 aromatic rings. The standard InChI is InChI=1S/C18H24N2O3/c1-5-18(21)20(11-13(2)3)12-14-10-17(23-19-14)15-8-6-7-9-16(15)22-4/h6-10,13H,5,11-12H2,1-4H3. The molecular formula is C18H24N2O3. The van der Waals surface area contributed by atoms with E-state index in [1.54, 1.807) is 7.11 Å². The average molecular weight is 316 g/mol. The summed E-state index contributed by atoms with van der Waals surface area (Å²) in [4.78, 5) is 13.9. The Morgan fingerprint density at radius 3 is 2.74 bits per heavy atom. The smallest absolute Gasteiger partial charge is 0.222 e. The molecule has 0 fully saturated rings. The minimum atomic E-state index is 0.126. The predicted octanol–water partition coefficient (Wildman–Crippen LogP) is 3.74. The number of methoxy groups -OCH3 is 1. The Bertz CT molecular complexity index is 649. The van der Waals surface area contributed by atoms with Crippen LogP contribution in [0.1, 0.15) is 32.9 Å². The molecule has 0 bridgehead atoms. The van der Waals surface area contributed by atoms with Gasteiger partial charge in [0.25, 0.3) is 0 Å². The van der Waals surface area contributed by atoms with Gasteiger partial charge < -0.3 is 14.2 Å². The molecule has 0 aliphatic heterocycles. The van der Waals surface area contributed by atoms with Crippen LogP contribution in [-0.4, -0.2) is 29.6 Å². The van der Waals surface area contributed by atoms with Gasteiger partial charge in [-0.15, -0.1) is 0 Å². The van der Waals surface area contributed by atoms with E-state index in [1.807, 2.05) is 42.2 Å². The fraction of sp³-hybridized carbons (Fsp3) is 0.444. The van der Waals surface area contributed by atoms with Crippen LogP contribution in [0.4, 0.5) is 0 Å². The molecular weight excluding hydrogens is 292 g/mol. The fourth-order valence-electron chi connectivity index (χ4n) is 2.48. The molecule has 0 unspecified atom stereocenters. The topological polar surface area (TPSA) is 55.6 Å². The maximum atomic E-state index is 12.1. The molecule has 5 nitrogen and oxygen atoms in total. The molecule has 1 amide bonds. The summed E-state index contributed by atoms with van der Waals surface area (Å²) in [6.45, 7) is 7.24. The molecule has 0 aliphatic carbocycles. The minimum Gasteiger partial charge on any atom is -0.496 e. The van der Waals surface area contributed by atoms with Crippen LogP contribution in [0.2, 0.25) is 0 Å². The molecule has 0 aliphatic rings. The molecule has 2 rings (SSSR count). The highest BCUT2D eigenvalue weighted by Crippen LogP contribution is 2.30. The van der Waals surface area contributed by atoms with Crippen LogP contribution in [0.25, 0.3) is 11.3 Å². The minimum absolute atomic E-state index is 0.126. The van der Waals surface area contributed by atoms with Gasteiger partial charge in [0.1, 0.15) is 11.4 Å². The summed E-state index contributed by atoms with van der Waals surface area (Å²) in [5.41, 5.74) is 1.60. The molecule has 0 N–H and O–H groups in total. The van der Waals surface area contributed by atoms with E-state index in [0.717, 1.165) is 17.0 Å². The molecule has 1 aromatic carbocycles. The van der Waals surface area contributed by atoms with E-state index in [9.17, 15) is 4.79 Å². The van der Waals surface area contributed by atoms with Gasteiger partial charge >= 0.3 is 0 Å². The number of nitrogens with zero attached hydrogens (tertiary/aromatic N) is 2. The van der Waals surface area contributed by atoms with Crippen molar-refractivity contribution >= 4 is 5.91 Å². The highest BCUT2D eigenvalue weighted by molar-refractivity contribution is 5.75. The summed E-state index contributed by atoms with van der Waals surface area (Å²) in [6.07, 6.45) is 0.490. The third-order valence-corrected chi connectivity index (χ3v) is 3.52. The summed E-state index contributed by atoms with van der Waals surface area (Å²) in [5, 5.41) is 4.11. The van der Waals surface area contributed by atoms with Crippen LogP contribution in [0.15, 0.2) is 34.9 Å². The fourth-order valence-corrected chi connectivity index (χ4v) is 2.48. The zero-order valence-corrected chi connectivity index (χ0v) is 14.2. The van der Waals surface area contributed by atoms with Gasteiger partial charge in [-0.3, -0.25) is 4.79 Å². The van der Waals surface area contributed by atoms with Gasteiger partial charge in [-0.2, -0.15) is 0 Å². The second-order valence-electron chi connectivity index (χ2n) is 5.90. The number of carbonyl (C=O) groups is 1. The van der Waals surface area contributed by atoms with E-state index in [1.165, 1.54) is 0 Å². The average Bonchev–Trinajstić information content (AvgIpc) is 3.01. The van der Waals surface area contributed by atoms with Crippen LogP contribution < -0.4 is 4.74 Å². The van der Waals surface area contributed by atoms with Crippen LogP contribution in [-0.2, 0) is 11.3 Å². The van der Waals surface area contributed by atoms with E-state index in [2.05, 4.69) is 19.0 Å². The Morgan fingerprint density at radius 1 is 1.35 bits per heavy atom.